The lowest BCUT2D eigenvalue weighted by Gasteiger charge is -2.25. The Kier molecular flexibility index (Phi) is 4.78. The molecule has 5 heteroatoms. The van der Waals surface area contributed by atoms with Gasteiger partial charge in [-0.05, 0) is 26.0 Å². The fraction of sp³-hybridized carbons (Fsp3) is 0.500. The normalized spacial score (nSPS) is 11.1. The Hall–Kier alpha value is -1.75. The van der Waals surface area contributed by atoms with Crippen molar-refractivity contribution < 1.29 is 19.4 Å². The molecule has 106 valence electrons. The highest BCUT2D eigenvalue weighted by Gasteiger charge is 2.21. The maximum atomic E-state index is 12.3. The predicted molar refractivity (Wildman–Crippen MR) is 72.8 cm³/mol. The number of nitrogens with zero attached hydrogens (tertiary/aromatic N) is 1. The number of likely N-dealkylation sites (N-methyl/N-ethyl adjacent to an activating group) is 1. The Labute approximate surface area is 113 Å². The quantitative estimate of drug-likeness (QED) is 0.879. The summed E-state index contributed by atoms with van der Waals surface area (Å²) < 4.78 is 10.3. The summed E-state index contributed by atoms with van der Waals surface area (Å²) in [5.74, 6) is 0.915. The number of benzene rings is 1. The minimum Gasteiger partial charge on any atom is -0.497 e. The molecule has 0 atom stereocenters. The number of carbonyl (C=O) groups excluding carboxylic acids is 1. The van der Waals surface area contributed by atoms with E-state index in [1.165, 1.54) is 19.1 Å². The molecular formula is C14H21NO4. The third-order valence-corrected chi connectivity index (χ3v) is 2.57. The lowest BCUT2D eigenvalue weighted by molar-refractivity contribution is 0.0367. The van der Waals surface area contributed by atoms with E-state index >= 15 is 0 Å². The molecule has 1 aromatic carbocycles. The van der Waals surface area contributed by atoms with Crippen molar-refractivity contribution in [1.82, 2.24) is 4.90 Å². The molecule has 0 saturated carbocycles. The molecule has 19 heavy (non-hydrogen) atoms. The second-order valence-corrected chi connectivity index (χ2v) is 5.07. The van der Waals surface area contributed by atoms with Gasteiger partial charge in [0, 0.05) is 25.2 Å². The third kappa shape index (κ3) is 4.44. The first-order valence-corrected chi connectivity index (χ1v) is 5.98. The molecule has 1 rings (SSSR count). The maximum Gasteiger partial charge on any atom is 0.253 e. The van der Waals surface area contributed by atoms with E-state index in [9.17, 15) is 9.90 Å². The molecule has 0 aliphatic rings. The van der Waals surface area contributed by atoms with Crippen LogP contribution >= 0.6 is 0 Å². The van der Waals surface area contributed by atoms with Gasteiger partial charge in [0.2, 0.25) is 0 Å². The fourth-order valence-corrected chi connectivity index (χ4v) is 1.80. The first-order chi connectivity index (χ1) is 8.76. The summed E-state index contributed by atoms with van der Waals surface area (Å²) in [6, 6.07) is 4.99. The molecule has 0 fully saturated rings. The average molecular weight is 267 g/mol. The van der Waals surface area contributed by atoms with Crippen molar-refractivity contribution in [3.8, 4) is 11.5 Å². The van der Waals surface area contributed by atoms with Crippen molar-refractivity contribution in [2.75, 3.05) is 27.8 Å². The van der Waals surface area contributed by atoms with E-state index in [1.54, 1.807) is 39.1 Å². The summed E-state index contributed by atoms with van der Waals surface area (Å²) in [6.45, 7) is 3.55. The summed E-state index contributed by atoms with van der Waals surface area (Å²) in [7, 11) is 4.71. The van der Waals surface area contributed by atoms with Gasteiger partial charge in [0.05, 0.1) is 19.8 Å². The highest BCUT2D eigenvalue weighted by molar-refractivity contribution is 5.95. The topological polar surface area (TPSA) is 59.0 Å². The number of ether oxygens (including phenoxy) is 2. The summed E-state index contributed by atoms with van der Waals surface area (Å²) in [4.78, 5) is 13.7. The van der Waals surface area contributed by atoms with E-state index in [0.717, 1.165) is 0 Å². The zero-order valence-electron chi connectivity index (χ0n) is 12.1. The molecule has 1 amide bonds. The zero-order valence-corrected chi connectivity index (χ0v) is 12.1. The van der Waals surface area contributed by atoms with Crippen molar-refractivity contribution in [3.63, 3.8) is 0 Å². The van der Waals surface area contributed by atoms with Crippen LogP contribution < -0.4 is 9.47 Å². The molecule has 0 bridgehead atoms. The highest BCUT2D eigenvalue weighted by atomic mass is 16.5. The molecule has 0 aliphatic heterocycles. The van der Waals surface area contributed by atoms with E-state index in [4.69, 9.17) is 9.47 Å². The first kappa shape index (κ1) is 15.3. The number of amides is 1. The second kappa shape index (κ2) is 5.93. The fourth-order valence-electron chi connectivity index (χ4n) is 1.80. The van der Waals surface area contributed by atoms with Crippen molar-refractivity contribution in [2.24, 2.45) is 0 Å². The Morgan fingerprint density at radius 2 is 1.68 bits per heavy atom. The molecule has 0 saturated heterocycles. The number of methoxy groups -OCH3 is 2. The third-order valence-electron chi connectivity index (χ3n) is 2.57. The Bertz CT molecular complexity index is 429. The van der Waals surface area contributed by atoms with Crippen LogP contribution in [0.3, 0.4) is 0 Å². The van der Waals surface area contributed by atoms with E-state index < -0.39 is 5.60 Å². The van der Waals surface area contributed by atoms with Gasteiger partial charge >= 0.3 is 0 Å². The molecular weight excluding hydrogens is 246 g/mol. The molecule has 0 unspecified atom stereocenters. The van der Waals surface area contributed by atoms with Gasteiger partial charge < -0.3 is 19.5 Å². The summed E-state index contributed by atoms with van der Waals surface area (Å²) in [6.07, 6.45) is 0. The SMILES string of the molecule is COc1cc(OC)cc(C(=O)N(C)CC(C)(C)O)c1. The monoisotopic (exact) mass is 267 g/mol. The molecule has 5 nitrogen and oxygen atoms in total. The van der Waals surface area contributed by atoms with Gasteiger partial charge in [-0.25, -0.2) is 0 Å². The van der Waals surface area contributed by atoms with Crippen LogP contribution in [0.4, 0.5) is 0 Å². The van der Waals surface area contributed by atoms with Crippen LogP contribution in [0, 0.1) is 0 Å². The summed E-state index contributed by atoms with van der Waals surface area (Å²) in [5.41, 5.74) is -0.476. The molecule has 0 spiro atoms. The number of carbonyl (C=O) groups is 1. The van der Waals surface area contributed by atoms with Gasteiger partial charge in [0.15, 0.2) is 0 Å². The van der Waals surface area contributed by atoms with E-state index in [0.29, 0.717) is 17.1 Å². The Balaban J connectivity index is 2.98. The van der Waals surface area contributed by atoms with Crippen LogP contribution in [0.5, 0.6) is 11.5 Å². The zero-order chi connectivity index (χ0) is 14.6. The molecule has 1 N–H and O–H groups in total. The van der Waals surface area contributed by atoms with Crippen LogP contribution in [0.15, 0.2) is 18.2 Å². The number of hydrogen-bond donors (Lipinski definition) is 1. The van der Waals surface area contributed by atoms with Crippen molar-refractivity contribution >= 4 is 5.91 Å². The molecule has 0 aromatic heterocycles. The standard InChI is InChI=1S/C14H21NO4/c1-14(2,17)9-15(3)13(16)10-6-11(18-4)8-12(7-10)19-5/h6-8,17H,9H2,1-5H3. The molecule has 0 aliphatic carbocycles. The minimum absolute atomic E-state index is 0.195. The van der Waals surface area contributed by atoms with Gasteiger partial charge in [-0.3, -0.25) is 4.79 Å². The van der Waals surface area contributed by atoms with E-state index in [-0.39, 0.29) is 12.5 Å². The van der Waals surface area contributed by atoms with Crippen molar-refractivity contribution in [1.29, 1.82) is 0 Å². The second-order valence-electron chi connectivity index (χ2n) is 5.07. The van der Waals surface area contributed by atoms with Gasteiger partial charge in [0.1, 0.15) is 11.5 Å². The van der Waals surface area contributed by atoms with Gasteiger partial charge in [-0.15, -0.1) is 0 Å². The van der Waals surface area contributed by atoms with Gasteiger partial charge in [-0.2, -0.15) is 0 Å². The van der Waals surface area contributed by atoms with Crippen LogP contribution in [0.1, 0.15) is 24.2 Å². The largest absolute Gasteiger partial charge is 0.497 e. The maximum absolute atomic E-state index is 12.3. The minimum atomic E-state index is -0.937. The molecule has 1 aromatic rings. The van der Waals surface area contributed by atoms with Crippen molar-refractivity contribution in [3.05, 3.63) is 23.8 Å². The number of rotatable bonds is 5. The Morgan fingerprint density at radius 1 is 1.21 bits per heavy atom. The smallest absolute Gasteiger partial charge is 0.253 e. The van der Waals surface area contributed by atoms with Crippen molar-refractivity contribution in [2.45, 2.75) is 19.4 Å². The lowest BCUT2D eigenvalue weighted by Crippen LogP contribution is -2.39. The summed E-state index contributed by atoms with van der Waals surface area (Å²) in [5, 5.41) is 9.74. The van der Waals surface area contributed by atoms with Crippen LogP contribution in [0.2, 0.25) is 0 Å². The van der Waals surface area contributed by atoms with E-state index in [1.807, 2.05) is 0 Å². The predicted octanol–water partition coefficient (Wildman–Crippen LogP) is 1.55. The van der Waals surface area contributed by atoms with Crippen LogP contribution in [0.25, 0.3) is 0 Å². The molecule has 0 heterocycles. The van der Waals surface area contributed by atoms with Crippen LogP contribution in [-0.2, 0) is 0 Å². The summed E-state index contributed by atoms with van der Waals surface area (Å²) >= 11 is 0. The lowest BCUT2D eigenvalue weighted by atomic mass is 10.1. The van der Waals surface area contributed by atoms with Gasteiger partial charge in [-0.1, -0.05) is 0 Å². The van der Waals surface area contributed by atoms with E-state index in [2.05, 4.69) is 0 Å². The number of hydrogen-bond acceptors (Lipinski definition) is 4. The number of aliphatic hydroxyl groups is 1. The Morgan fingerprint density at radius 3 is 2.05 bits per heavy atom. The first-order valence-electron chi connectivity index (χ1n) is 5.98. The average Bonchev–Trinajstić information content (AvgIpc) is 2.35. The molecule has 0 radical (unpaired) electrons. The highest BCUT2D eigenvalue weighted by Crippen LogP contribution is 2.23. The van der Waals surface area contributed by atoms with Gasteiger partial charge in [0.25, 0.3) is 5.91 Å². The van der Waals surface area contributed by atoms with Crippen LogP contribution in [-0.4, -0.2) is 49.3 Å².